The lowest BCUT2D eigenvalue weighted by molar-refractivity contribution is 0.279. The predicted octanol–water partition coefficient (Wildman–Crippen LogP) is 3.00. The Hall–Kier alpha value is -1.78. The van der Waals surface area contributed by atoms with Gasteiger partial charge in [0, 0.05) is 11.6 Å². The van der Waals surface area contributed by atoms with Gasteiger partial charge in [-0.05, 0) is 48.7 Å². The highest BCUT2D eigenvalue weighted by atomic mass is 35.5. The van der Waals surface area contributed by atoms with Crippen LogP contribution < -0.4 is 10.3 Å². The van der Waals surface area contributed by atoms with Crippen LogP contribution in [0, 0.1) is 0 Å². The van der Waals surface area contributed by atoms with Crippen LogP contribution >= 0.6 is 11.6 Å². The minimum Gasteiger partial charge on any atom is -0.495 e. The third-order valence-corrected chi connectivity index (χ3v) is 4.02. The van der Waals surface area contributed by atoms with Gasteiger partial charge in [-0.2, -0.15) is 0 Å². The Balaban J connectivity index is 2.16. The van der Waals surface area contributed by atoms with E-state index in [1.807, 2.05) is 12.1 Å². The Labute approximate surface area is 127 Å². The molecule has 4 nitrogen and oxygen atoms in total. The minimum absolute atomic E-state index is 0.121. The van der Waals surface area contributed by atoms with Crippen LogP contribution in [0.5, 0.6) is 5.75 Å². The highest BCUT2D eigenvalue weighted by molar-refractivity contribution is 6.32. The molecule has 110 valence electrons. The Bertz CT molecular complexity index is 735. The van der Waals surface area contributed by atoms with Crippen molar-refractivity contribution in [1.82, 2.24) is 4.57 Å². The number of aromatic nitrogens is 1. The van der Waals surface area contributed by atoms with Crippen LogP contribution in [0.15, 0.2) is 35.1 Å². The molecule has 0 unspecified atom stereocenters. The van der Waals surface area contributed by atoms with E-state index < -0.39 is 0 Å². The highest BCUT2D eigenvalue weighted by Gasteiger charge is 2.28. The van der Waals surface area contributed by atoms with E-state index in [1.54, 1.807) is 29.9 Å². The van der Waals surface area contributed by atoms with Crippen molar-refractivity contribution in [2.45, 2.75) is 25.5 Å². The number of aliphatic hydroxyl groups is 1. The van der Waals surface area contributed by atoms with E-state index in [0.29, 0.717) is 16.3 Å². The van der Waals surface area contributed by atoms with Crippen molar-refractivity contribution < 1.29 is 9.84 Å². The number of hydrogen-bond donors (Lipinski definition) is 1. The first kappa shape index (κ1) is 14.2. The van der Waals surface area contributed by atoms with Crippen LogP contribution in [0.2, 0.25) is 5.02 Å². The van der Waals surface area contributed by atoms with Gasteiger partial charge in [0.15, 0.2) is 0 Å². The zero-order chi connectivity index (χ0) is 15.0. The fourth-order valence-electron chi connectivity index (χ4n) is 2.47. The summed E-state index contributed by atoms with van der Waals surface area (Å²) in [5.41, 5.74) is 1.99. The number of ether oxygens (including phenoxy) is 1. The Morgan fingerprint density at radius 2 is 2.10 bits per heavy atom. The van der Waals surface area contributed by atoms with Gasteiger partial charge in [-0.15, -0.1) is 0 Å². The molecule has 0 spiro atoms. The van der Waals surface area contributed by atoms with E-state index in [0.717, 1.165) is 24.1 Å². The third kappa shape index (κ3) is 2.57. The normalized spacial score (nSPS) is 14.2. The van der Waals surface area contributed by atoms with Crippen LogP contribution in [-0.2, 0) is 6.61 Å². The second-order valence-electron chi connectivity index (χ2n) is 5.16. The third-order valence-electron chi connectivity index (χ3n) is 3.73. The van der Waals surface area contributed by atoms with Gasteiger partial charge in [0.05, 0.1) is 24.4 Å². The molecule has 1 saturated carbocycles. The first-order valence-corrected chi connectivity index (χ1v) is 7.22. The standard InChI is InChI=1S/C16H16ClNO3/c1-21-15-7-3-10(8-13(15)17)14-6-2-11(9-19)16(20)18(14)12-4-5-12/h2-3,6-8,12,19H,4-5,9H2,1H3. The summed E-state index contributed by atoms with van der Waals surface area (Å²) in [5, 5.41) is 9.78. The van der Waals surface area contributed by atoms with E-state index in [9.17, 15) is 9.90 Å². The number of halogens is 1. The van der Waals surface area contributed by atoms with Gasteiger partial charge in [0.1, 0.15) is 5.75 Å². The van der Waals surface area contributed by atoms with Crippen molar-refractivity contribution in [3.63, 3.8) is 0 Å². The van der Waals surface area contributed by atoms with Crippen molar-refractivity contribution in [1.29, 1.82) is 0 Å². The van der Waals surface area contributed by atoms with Crippen LogP contribution in [0.3, 0.4) is 0 Å². The number of methoxy groups -OCH3 is 1. The molecule has 1 aliphatic rings. The summed E-state index contributed by atoms with van der Waals surface area (Å²) >= 11 is 6.17. The number of benzene rings is 1. The Morgan fingerprint density at radius 1 is 1.33 bits per heavy atom. The topological polar surface area (TPSA) is 51.5 Å². The maximum Gasteiger partial charge on any atom is 0.256 e. The van der Waals surface area contributed by atoms with Gasteiger partial charge in [0.2, 0.25) is 0 Å². The fourth-order valence-corrected chi connectivity index (χ4v) is 2.73. The molecule has 0 atom stereocenters. The smallest absolute Gasteiger partial charge is 0.256 e. The maximum atomic E-state index is 12.4. The number of nitrogens with zero attached hydrogens (tertiary/aromatic N) is 1. The molecule has 1 fully saturated rings. The molecule has 21 heavy (non-hydrogen) atoms. The molecule has 1 aromatic heterocycles. The molecule has 3 rings (SSSR count). The second kappa shape index (κ2) is 5.54. The molecule has 0 radical (unpaired) electrons. The van der Waals surface area contributed by atoms with E-state index in [4.69, 9.17) is 16.3 Å². The summed E-state index contributed by atoms with van der Waals surface area (Å²) in [6, 6.07) is 9.24. The monoisotopic (exact) mass is 305 g/mol. The van der Waals surface area contributed by atoms with Crippen molar-refractivity contribution in [2.24, 2.45) is 0 Å². The lowest BCUT2D eigenvalue weighted by atomic mass is 10.1. The van der Waals surface area contributed by atoms with Crippen molar-refractivity contribution in [2.75, 3.05) is 7.11 Å². The fraction of sp³-hybridized carbons (Fsp3) is 0.312. The van der Waals surface area contributed by atoms with Crippen molar-refractivity contribution in [3.8, 4) is 17.0 Å². The lowest BCUT2D eigenvalue weighted by Crippen LogP contribution is -2.24. The Kier molecular flexibility index (Phi) is 3.74. The number of pyridine rings is 1. The number of aliphatic hydroxyl groups excluding tert-OH is 1. The molecule has 5 heteroatoms. The summed E-state index contributed by atoms with van der Waals surface area (Å²) in [6.07, 6.45) is 1.98. The number of rotatable bonds is 4. The molecule has 0 bridgehead atoms. The van der Waals surface area contributed by atoms with Crippen LogP contribution in [-0.4, -0.2) is 16.8 Å². The summed E-state index contributed by atoms with van der Waals surface area (Å²) < 4.78 is 6.92. The van der Waals surface area contributed by atoms with Gasteiger partial charge >= 0.3 is 0 Å². The first-order chi connectivity index (χ1) is 10.2. The summed E-state index contributed by atoms with van der Waals surface area (Å²) in [5.74, 6) is 0.604. The maximum absolute atomic E-state index is 12.4. The molecule has 2 aromatic rings. The van der Waals surface area contributed by atoms with Gasteiger partial charge in [-0.3, -0.25) is 4.79 Å². The molecule has 1 heterocycles. The highest BCUT2D eigenvalue weighted by Crippen LogP contribution is 2.38. The quantitative estimate of drug-likeness (QED) is 0.944. The molecular weight excluding hydrogens is 290 g/mol. The lowest BCUT2D eigenvalue weighted by Gasteiger charge is -2.14. The SMILES string of the molecule is COc1ccc(-c2ccc(CO)c(=O)n2C2CC2)cc1Cl. The van der Waals surface area contributed by atoms with Gasteiger partial charge in [-0.25, -0.2) is 0 Å². The van der Waals surface area contributed by atoms with Crippen molar-refractivity contribution >= 4 is 11.6 Å². The van der Waals surface area contributed by atoms with E-state index >= 15 is 0 Å². The second-order valence-corrected chi connectivity index (χ2v) is 5.56. The van der Waals surface area contributed by atoms with E-state index in [1.165, 1.54) is 0 Å². The summed E-state index contributed by atoms with van der Waals surface area (Å²) in [6.45, 7) is -0.241. The molecule has 0 aliphatic heterocycles. The van der Waals surface area contributed by atoms with Gasteiger partial charge in [0.25, 0.3) is 5.56 Å². The molecule has 0 saturated heterocycles. The van der Waals surface area contributed by atoms with Crippen LogP contribution in [0.25, 0.3) is 11.3 Å². The molecule has 0 amide bonds. The molecular formula is C16H16ClNO3. The Morgan fingerprint density at radius 3 is 2.67 bits per heavy atom. The first-order valence-electron chi connectivity index (χ1n) is 6.85. The van der Waals surface area contributed by atoms with E-state index in [-0.39, 0.29) is 18.2 Å². The van der Waals surface area contributed by atoms with Crippen LogP contribution in [0.4, 0.5) is 0 Å². The predicted molar refractivity (Wildman–Crippen MR) is 81.9 cm³/mol. The largest absolute Gasteiger partial charge is 0.495 e. The van der Waals surface area contributed by atoms with Crippen molar-refractivity contribution in [3.05, 3.63) is 51.3 Å². The summed E-state index contributed by atoms with van der Waals surface area (Å²) in [7, 11) is 1.57. The zero-order valence-electron chi connectivity index (χ0n) is 11.7. The minimum atomic E-state index is -0.241. The molecule has 1 N–H and O–H groups in total. The van der Waals surface area contributed by atoms with Gasteiger partial charge < -0.3 is 14.4 Å². The number of hydrogen-bond acceptors (Lipinski definition) is 3. The van der Waals surface area contributed by atoms with Gasteiger partial charge in [-0.1, -0.05) is 11.6 Å². The average molecular weight is 306 g/mol. The molecule has 1 aliphatic carbocycles. The van der Waals surface area contributed by atoms with Crippen LogP contribution in [0.1, 0.15) is 24.4 Å². The van der Waals surface area contributed by atoms with E-state index in [2.05, 4.69) is 0 Å². The average Bonchev–Trinajstić information content (AvgIpc) is 3.31. The summed E-state index contributed by atoms with van der Waals surface area (Å²) in [4.78, 5) is 12.4. The zero-order valence-corrected chi connectivity index (χ0v) is 12.4. The molecule has 1 aromatic carbocycles.